The molecular weight excluding hydrogens is 619 g/mol. The fourth-order valence-electron chi connectivity index (χ4n) is 8.61. The van der Waals surface area contributed by atoms with Crippen LogP contribution in [0.25, 0.3) is 93.6 Å². The fourth-order valence-corrected chi connectivity index (χ4v) is 8.61. The summed E-state index contributed by atoms with van der Waals surface area (Å²) in [4.78, 5) is 0. The standard InChI is InChI=1S/C48H31N3/c1-3-16-32(17-4-1)49-42-27-13-9-22-38(42)46-36(24-15-29-44(46)49)34-20-7-12-26-41(34)51-43-28-14-10-23-39(43)47-45(51)31-30-37-35-21-8-11-25-40(35)50(48(37)47)33-18-5-2-6-19-33/h1-31H. The van der Waals surface area contributed by atoms with Gasteiger partial charge in [-0.05, 0) is 66.2 Å². The Labute approximate surface area is 294 Å². The molecule has 0 aliphatic rings. The highest BCUT2D eigenvalue weighted by molar-refractivity contribution is 6.26. The van der Waals surface area contributed by atoms with Gasteiger partial charge in [0, 0.05) is 49.3 Å². The van der Waals surface area contributed by atoms with Crippen LogP contribution in [0.4, 0.5) is 0 Å². The van der Waals surface area contributed by atoms with Crippen LogP contribution in [-0.2, 0) is 0 Å². The Hall–Kier alpha value is -6.84. The van der Waals surface area contributed by atoms with Crippen LogP contribution >= 0.6 is 0 Å². The summed E-state index contributed by atoms with van der Waals surface area (Å²) in [6.45, 7) is 0. The first kappa shape index (κ1) is 28.0. The van der Waals surface area contributed by atoms with Crippen LogP contribution < -0.4 is 0 Å². The third-order valence-electron chi connectivity index (χ3n) is 10.6. The quantitative estimate of drug-likeness (QED) is 0.180. The number of rotatable bonds is 4. The molecular formula is C48H31N3. The molecule has 3 aromatic heterocycles. The molecule has 0 N–H and O–H groups in total. The van der Waals surface area contributed by atoms with E-state index in [9.17, 15) is 0 Å². The van der Waals surface area contributed by atoms with E-state index in [-0.39, 0.29) is 0 Å². The maximum Gasteiger partial charge on any atom is 0.0641 e. The second-order valence-corrected chi connectivity index (χ2v) is 13.3. The maximum absolute atomic E-state index is 2.49. The summed E-state index contributed by atoms with van der Waals surface area (Å²) < 4.78 is 7.34. The van der Waals surface area contributed by atoms with Gasteiger partial charge in [-0.3, -0.25) is 0 Å². The monoisotopic (exact) mass is 649 g/mol. The van der Waals surface area contributed by atoms with E-state index in [0.29, 0.717) is 0 Å². The molecule has 0 atom stereocenters. The number of hydrogen-bond acceptors (Lipinski definition) is 0. The lowest BCUT2D eigenvalue weighted by Gasteiger charge is -2.15. The van der Waals surface area contributed by atoms with Crippen molar-refractivity contribution in [1.29, 1.82) is 0 Å². The molecule has 0 saturated carbocycles. The van der Waals surface area contributed by atoms with E-state index >= 15 is 0 Å². The Morgan fingerprint density at radius 2 is 0.745 bits per heavy atom. The van der Waals surface area contributed by atoms with E-state index in [0.717, 1.165) is 17.1 Å². The Balaban J connectivity index is 1.26. The lowest BCUT2D eigenvalue weighted by molar-refractivity contribution is 1.17. The molecule has 0 radical (unpaired) electrons. The summed E-state index contributed by atoms with van der Waals surface area (Å²) in [5.74, 6) is 0. The van der Waals surface area contributed by atoms with Crippen LogP contribution in [0.2, 0.25) is 0 Å². The third kappa shape index (κ3) is 3.94. The third-order valence-corrected chi connectivity index (χ3v) is 10.6. The molecule has 0 saturated heterocycles. The highest BCUT2D eigenvalue weighted by Crippen LogP contribution is 2.45. The highest BCUT2D eigenvalue weighted by atomic mass is 15.0. The molecule has 51 heavy (non-hydrogen) atoms. The number of nitrogens with zero attached hydrogens (tertiary/aromatic N) is 3. The molecule has 8 aromatic carbocycles. The molecule has 11 aromatic rings. The molecule has 0 bridgehead atoms. The van der Waals surface area contributed by atoms with Crippen molar-refractivity contribution in [1.82, 2.24) is 13.7 Å². The zero-order chi connectivity index (χ0) is 33.5. The number of fused-ring (bicyclic) bond motifs is 10. The first-order chi connectivity index (χ1) is 25.4. The predicted octanol–water partition coefficient (Wildman–Crippen LogP) is 12.6. The van der Waals surface area contributed by atoms with Crippen molar-refractivity contribution in [3.8, 4) is 28.2 Å². The molecule has 0 aliphatic carbocycles. The first-order valence-electron chi connectivity index (χ1n) is 17.5. The van der Waals surface area contributed by atoms with E-state index in [2.05, 4.69) is 202 Å². The van der Waals surface area contributed by atoms with Gasteiger partial charge in [0.25, 0.3) is 0 Å². The molecule has 3 heterocycles. The van der Waals surface area contributed by atoms with Crippen LogP contribution in [0.1, 0.15) is 0 Å². The summed E-state index contributed by atoms with van der Waals surface area (Å²) in [5, 5.41) is 7.53. The van der Waals surface area contributed by atoms with E-state index in [4.69, 9.17) is 0 Å². The number of hydrogen-bond donors (Lipinski definition) is 0. The molecule has 0 aliphatic heterocycles. The summed E-state index contributed by atoms with van der Waals surface area (Å²) in [6, 6.07) is 68.3. The Morgan fingerprint density at radius 1 is 0.255 bits per heavy atom. The molecule has 0 spiro atoms. The SMILES string of the molecule is c1ccc(-n2c3ccccc3c3c(-c4ccccc4-n4c5ccccc5c5c4ccc4c6ccccc6n(-c6ccccc6)c45)cccc32)cc1. The van der Waals surface area contributed by atoms with E-state index in [1.54, 1.807) is 0 Å². The van der Waals surface area contributed by atoms with Crippen LogP contribution in [0.3, 0.4) is 0 Å². The Bertz CT molecular complexity index is 3120. The summed E-state index contributed by atoms with van der Waals surface area (Å²) in [7, 11) is 0. The van der Waals surface area contributed by atoms with Crippen molar-refractivity contribution in [3.05, 3.63) is 188 Å². The topological polar surface area (TPSA) is 14.8 Å². The molecule has 3 heteroatoms. The van der Waals surface area contributed by atoms with E-state index in [1.807, 2.05) is 0 Å². The van der Waals surface area contributed by atoms with Crippen molar-refractivity contribution in [2.75, 3.05) is 0 Å². The second-order valence-electron chi connectivity index (χ2n) is 13.3. The maximum atomic E-state index is 2.49. The van der Waals surface area contributed by atoms with Gasteiger partial charge in [-0.25, -0.2) is 0 Å². The molecule has 0 unspecified atom stereocenters. The van der Waals surface area contributed by atoms with Gasteiger partial charge in [0.2, 0.25) is 0 Å². The van der Waals surface area contributed by atoms with Crippen molar-refractivity contribution in [2.24, 2.45) is 0 Å². The van der Waals surface area contributed by atoms with Crippen LogP contribution in [0, 0.1) is 0 Å². The smallest absolute Gasteiger partial charge is 0.0641 e. The lowest BCUT2D eigenvalue weighted by atomic mass is 9.97. The number of benzene rings is 8. The average Bonchev–Trinajstić information content (AvgIpc) is 3.84. The van der Waals surface area contributed by atoms with E-state index in [1.165, 1.54) is 76.5 Å². The van der Waals surface area contributed by atoms with Gasteiger partial charge in [0.15, 0.2) is 0 Å². The fraction of sp³-hybridized carbons (Fsp3) is 0. The minimum Gasteiger partial charge on any atom is -0.309 e. The highest BCUT2D eigenvalue weighted by Gasteiger charge is 2.23. The summed E-state index contributed by atoms with van der Waals surface area (Å²) in [6.07, 6.45) is 0. The van der Waals surface area contributed by atoms with Crippen molar-refractivity contribution < 1.29 is 0 Å². The Kier molecular flexibility index (Phi) is 5.96. The van der Waals surface area contributed by atoms with Crippen LogP contribution in [0.5, 0.6) is 0 Å². The summed E-state index contributed by atoms with van der Waals surface area (Å²) in [5.41, 5.74) is 13.1. The molecule has 0 fully saturated rings. The van der Waals surface area contributed by atoms with Crippen molar-refractivity contribution >= 4 is 65.4 Å². The van der Waals surface area contributed by atoms with Gasteiger partial charge in [0.1, 0.15) is 0 Å². The Morgan fingerprint density at radius 3 is 1.47 bits per heavy atom. The van der Waals surface area contributed by atoms with Crippen molar-refractivity contribution in [2.45, 2.75) is 0 Å². The predicted molar refractivity (Wildman–Crippen MR) is 215 cm³/mol. The van der Waals surface area contributed by atoms with Gasteiger partial charge < -0.3 is 13.7 Å². The first-order valence-corrected chi connectivity index (χ1v) is 17.5. The molecule has 0 amide bonds. The van der Waals surface area contributed by atoms with Gasteiger partial charge in [-0.2, -0.15) is 0 Å². The number of para-hydroxylation sites is 6. The van der Waals surface area contributed by atoms with Gasteiger partial charge in [-0.15, -0.1) is 0 Å². The van der Waals surface area contributed by atoms with E-state index < -0.39 is 0 Å². The minimum atomic E-state index is 1.16. The molecule has 11 rings (SSSR count). The molecule has 238 valence electrons. The van der Waals surface area contributed by atoms with Crippen molar-refractivity contribution in [3.63, 3.8) is 0 Å². The lowest BCUT2D eigenvalue weighted by Crippen LogP contribution is -1.98. The summed E-state index contributed by atoms with van der Waals surface area (Å²) >= 11 is 0. The van der Waals surface area contributed by atoms with Gasteiger partial charge in [0.05, 0.1) is 38.8 Å². The van der Waals surface area contributed by atoms with Crippen LogP contribution in [-0.4, -0.2) is 13.7 Å². The second kappa shape index (κ2) is 10.8. The molecule has 3 nitrogen and oxygen atoms in total. The average molecular weight is 650 g/mol. The normalized spacial score (nSPS) is 11.9. The zero-order valence-electron chi connectivity index (χ0n) is 27.7. The largest absolute Gasteiger partial charge is 0.309 e. The zero-order valence-corrected chi connectivity index (χ0v) is 27.7. The number of aromatic nitrogens is 3. The van der Waals surface area contributed by atoms with Gasteiger partial charge >= 0.3 is 0 Å². The minimum absolute atomic E-state index is 1.16. The van der Waals surface area contributed by atoms with Gasteiger partial charge in [-0.1, -0.05) is 127 Å². The van der Waals surface area contributed by atoms with Crippen LogP contribution in [0.15, 0.2) is 188 Å².